The van der Waals surface area contributed by atoms with E-state index in [4.69, 9.17) is 9.47 Å². The van der Waals surface area contributed by atoms with E-state index in [1.54, 1.807) is 0 Å². The summed E-state index contributed by atoms with van der Waals surface area (Å²) in [5.41, 5.74) is 41.2. The Hall–Kier alpha value is -14.8. The molecule has 0 bridgehead atoms. The molecular formula is C133H120N2O2. The molecule has 4 heteroatoms. The zero-order chi connectivity index (χ0) is 93.7. The van der Waals surface area contributed by atoms with E-state index < -0.39 is 10.8 Å². The second-order valence-corrected chi connectivity index (χ2v) is 39.6. The fourth-order valence-corrected chi connectivity index (χ4v) is 22.6. The Bertz CT molecular complexity index is 7400. The van der Waals surface area contributed by atoms with Gasteiger partial charge in [0.25, 0.3) is 0 Å². The molecule has 0 aromatic heterocycles. The van der Waals surface area contributed by atoms with Crippen LogP contribution in [-0.2, 0) is 28.1 Å². The first-order chi connectivity index (χ1) is 66.9. The molecule has 0 spiro atoms. The zero-order valence-corrected chi connectivity index (χ0v) is 80.8. The second kappa shape index (κ2) is 37.1. The van der Waals surface area contributed by atoms with Crippen LogP contribution in [0.1, 0.15) is 221 Å². The highest BCUT2D eigenvalue weighted by atomic mass is 16.5. The normalized spacial score (nSPS) is 15.5. The summed E-state index contributed by atoms with van der Waals surface area (Å²) in [6.45, 7) is 25.3. The summed E-state index contributed by atoms with van der Waals surface area (Å²) in [5.74, 6) is 4.78. The number of aryl methyl sites for hydroxylation is 1. The summed E-state index contributed by atoms with van der Waals surface area (Å²) in [4.78, 5) is 4.94. The van der Waals surface area contributed by atoms with Crippen molar-refractivity contribution in [2.75, 3.05) is 9.80 Å². The average Bonchev–Trinajstić information content (AvgIpc) is 1.54. The fourth-order valence-electron chi connectivity index (χ4n) is 22.6. The minimum atomic E-state index is -0.613. The summed E-state index contributed by atoms with van der Waals surface area (Å²) in [6.07, 6.45) is 8.32. The third-order valence-electron chi connectivity index (χ3n) is 30.6. The SMILES string of the molecule is CCC(C)c1ccc(Oc2ccc(C3(c4ccc(C(C)C)cc4)c4ccccc4-c4ccc(N(c5ccc(-c6ccccc6)cc5)c5ccc6c(c5)C(C)(C)c5ccccc5-6)cc43)cc2)cc1.CCCCCCc1ccc(C2(c3ccc(Oc4ccc(C(C)CC)cc4)cc3)c3ccccc3-c3ccc(N(c4ccc(-c5ccccc5)cc4)c4ccc5c(c4)C(C)(C)c4ccccc4-5)cc32)cc1. The maximum absolute atomic E-state index is 6.56. The zero-order valence-electron chi connectivity index (χ0n) is 80.8. The van der Waals surface area contributed by atoms with Gasteiger partial charge in [0.1, 0.15) is 23.0 Å². The first kappa shape index (κ1) is 88.7. The smallest absolute Gasteiger partial charge is 0.127 e. The minimum Gasteiger partial charge on any atom is -0.457 e. The van der Waals surface area contributed by atoms with Crippen molar-refractivity contribution in [2.45, 2.75) is 161 Å². The lowest BCUT2D eigenvalue weighted by Crippen LogP contribution is -2.29. The summed E-state index contributed by atoms with van der Waals surface area (Å²) in [5, 5.41) is 0. The molecule has 0 heterocycles. The van der Waals surface area contributed by atoms with Crippen LogP contribution in [0, 0.1) is 0 Å². The third kappa shape index (κ3) is 16.1. The number of unbranched alkanes of at least 4 members (excludes halogenated alkanes) is 3. The van der Waals surface area contributed by atoms with Gasteiger partial charge in [-0.2, -0.15) is 0 Å². The fraction of sp³-hybridized carbons (Fsp3) is 0.188. The van der Waals surface area contributed by atoms with Crippen LogP contribution in [0.4, 0.5) is 34.1 Å². The predicted octanol–water partition coefficient (Wildman–Crippen LogP) is 36.8. The third-order valence-corrected chi connectivity index (χ3v) is 30.6. The van der Waals surface area contributed by atoms with Gasteiger partial charge in [0.05, 0.1) is 10.8 Å². The molecule has 18 aromatic carbocycles. The molecule has 674 valence electrons. The molecule has 18 aromatic rings. The van der Waals surface area contributed by atoms with Crippen molar-refractivity contribution in [2.24, 2.45) is 0 Å². The largest absolute Gasteiger partial charge is 0.457 e. The Kier molecular flexibility index (Phi) is 24.0. The maximum atomic E-state index is 6.56. The Labute approximate surface area is 811 Å². The number of benzene rings is 18. The number of fused-ring (bicyclic) bond motifs is 12. The number of hydrogen-bond acceptors (Lipinski definition) is 4. The van der Waals surface area contributed by atoms with Crippen molar-refractivity contribution < 1.29 is 9.47 Å². The van der Waals surface area contributed by atoms with Gasteiger partial charge in [-0.3, -0.25) is 0 Å². The van der Waals surface area contributed by atoms with Crippen LogP contribution in [-0.4, -0.2) is 0 Å². The summed E-state index contributed by atoms with van der Waals surface area (Å²) < 4.78 is 13.1. The molecule has 4 unspecified atom stereocenters. The van der Waals surface area contributed by atoms with Crippen molar-refractivity contribution in [3.63, 3.8) is 0 Å². The standard InChI is InChI=1S/C68H63NO.C65H57NO/c1-6-8-9-11-18-48-25-31-52(32-26-48)68(53-33-41-58(42-34-53)70-57-39-29-49(30-40-57)47(3)7-2)64-24-17-15-22-60(64)62-44-38-56(46-66(62)68)69(54-35-27-51(28-36-54)50-19-12-10-13-20-50)55-37-43-61-59-21-14-16-23-63(59)67(4,5)65(61)45-55;1-7-44(4)46-25-35-54(36-26-46)67-55-37-29-50(30-38-55)65(49-27-21-45(22-28-49)43(2)3)61-20-14-12-18-57(61)59-40-34-53(42-63(59)65)66(51-31-23-48(24-32-51)47-15-9-8-10-16-47)52-33-39-58-56-17-11-13-19-60(56)64(5,6)62(58)41-52/h10,12-17,19-47H,6-9,11,18H2,1-5H3;8-44H,7H2,1-6H3. The van der Waals surface area contributed by atoms with Crippen LogP contribution in [0.3, 0.4) is 0 Å². The average molecular weight is 1780 g/mol. The summed E-state index contributed by atoms with van der Waals surface area (Å²) in [7, 11) is 0. The van der Waals surface area contributed by atoms with Crippen molar-refractivity contribution in [1.29, 1.82) is 0 Å². The second-order valence-electron chi connectivity index (χ2n) is 39.6. The molecule has 4 nitrogen and oxygen atoms in total. The lowest BCUT2D eigenvalue weighted by atomic mass is 9.67. The molecule has 0 amide bonds. The first-order valence-corrected chi connectivity index (χ1v) is 49.8. The number of nitrogens with zero attached hydrogens (tertiary/aromatic N) is 2. The Balaban J connectivity index is 0.000000164. The van der Waals surface area contributed by atoms with Crippen LogP contribution >= 0.6 is 0 Å². The van der Waals surface area contributed by atoms with Gasteiger partial charge in [-0.15, -0.1) is 0 Å². The highest BCUT2D eigenvalue weighted by Gasteiger charge is 2.49. The molecule has 4 aliphatic rings. The molecular weight excluding hydrogens is 1660 g/mol. The van der Waals surface area contributed by atoms with E-state index in [2.05, 4.69) is 511 Å². The van der Waals surface area contributed by atoms with E-state index in [1.165, 1.54) is 181 Å². The van der Waals surface area contributed by atoms with Crippen LogP contribution in [0.5, 0.6) is 23.0 Å². The Morgan fingerprint density at radius 2 is 0.511 bits per heavy atom. The minimum absolute atomic E-state index is 0.144. The van der Waals surface area contributed by atoms with Crippen LogP contribution in [0.2, 0.25) is 0 Å². The van der Waals surface area contributed by atoms with Gasteiger partial charge in [-0.25, -0.2) is 0 Å². The Morgan fingerprint density at radius 1 is 0.234 bits per heavy atom. The number of anilines is 6. The molecule has 0 radical (unpaired) electrons. The van der Waals surface area contributed by atoms with Gasteiger partial charge in [0.2, 0.25) is 0 Å². The van der Waals surface area contributed by atoms with E-state index in [1.807, 2.05) is 0 Å². The topological polar surface area (TPSA) is 24.9 Å². The number of hydrogen-bond donors (Lipinski definition) is 0. The molecule has 0 aliphatic heterocycles. The number of rotatable bonds is 26. The van der Waals surface area contributed by atoms with Crippen LogP contribution in [0.25, 0.3) is 66.8 Å². The van der Waals surface area contributed by atoms with E-state index in [9.17, 15) is 0 Å². The molecule has 0 fully saturated rings. The maximum Gasteiger partial charge on any atom is 0.127 e. The molecule has 4 atom stereocenters. The highest BCUT2D eigenvalue weighted by molar-refractivity contribution is 5.94. The van der Waals surface area contributed by atoms with Crippen LogP contribution in [0.15, 0.2) is 425 Å². The van der Waals surface area contributed by atoms with E-state index in [-0.39, 0.29) is 10.8 Å². The predicted molar refractivity (Wildman–Crippen MR) is 575 cm³/mol. The van der Waals surface area contributed by atoms with Gasteiger partial charge in [-0.05, 0) is 321 Å². The molecule has 0 N–H and O–H groups in total. The Morgan fingerprint density at radius 3 is 0.861 bits per heavy atom. The van der Waals surface area contributed by atoms with Crippen LogP contribution < -0.4 is 19.3 Å². The first-order valence-electron chi connectivity index (χ1n) is 49.8. The van der Waals surface area contributed by atoms with E-state index >= 15 is 0 Å². The van der Waals surface area contributed by atoms with Crippen molar-refractivity contribution in [3.05, 3.63) is 514 Å². The monoisotopic (exact) mass is 1780 g/mol. The summed E-state index contributed by atoms with van der Waals surface area (Å²) >= 11 is 0. The van der Waals surface area contributed by atoms with E-state index in [0.717, 1.165) is 76.4 Å². The molecule has 137 heavy (non-hydrogen) atoms. The van der Waals surface area contributed by atoms with Gasteiger partial charge < -0.3 is 19.3 Å². The van der Waals surface area contributed by atoms with Crippen molar-refractivity contribution >= 4 is 34.1 Å². The highest BCUT2D eigenvalue weighted by Crippen LogP contribution is 2.62. The number of ether oxygens (including phenoxy) is 2. The lowest BCUT2D eigenvalue weighted by Gasteiger charge is -2.35. The molecule has 4 aliphatic carbocycles. The van der Waals surface area contributed by atoms with Crippen molar-refractivity contribution in [3.8, 4) is 89.8 Å². The van der Waals surface area contributed by atoms with Gasteiger partial charge >= 0.3 is 0 Å². The molecule has 0 saturated carbocycles. The van der Waals surface area contributed by atoms with Gasteiger partial charge in [0, 0.05) is 45.0 Å². The molecule has 22 rings (SSSR count). The molecule has 0 saturated heterocycles. The lowest BCUT2D eigenvalue weighted by molar-refractivity contribution is 0.481. The van der Waals surface area contributed by atoms with Crippen molar-refractivity contribution in [1.82, 2.24) is 0 Å². The van der Waals surface area contributed by atoms with Gasteiger partial charge in [-0.1, -0.05) is 399 Å². The van der Waals surface area contributed by atoms with Gasteiger partial charge in [0.15, 0.2) is 0 Å². The quantitative estimate of drug-likeness (QED) is 0.0505. The van der Waals surface area contributed by atoms with E-state index in [0.29, 0.717) is 17.8 Å². The summed E-state index contributed by atoms with van der Waals surface area (Å²) in [6, 6.07) is 158.